The van der Waals surface area contributed by atoms with Crippen molar-refractivity contribution in [1.82, 2.24) is 9.62 Å². The standard InChI is InChI=1S/C21H25BrN2O3S/c1-16-5-7-17(8-6-16)13-14-23-21(25)20-4-2-3-15-24(20)28(26,27)19-11-9-18(22)10-12-19/h5-12,20H,2-4,13-15H2,1H3,(H,23,25). The molecule has 0 saturated carbocycles. The highest BCUT2D eigenvalue weighted by Crippen LogP contribution is 2.26. The summed E-state index contributed by atoms with van der Waals surface area (Å²) in [5.74, 6) is -0.215. The van der Waals surface area contributed by atoms with Gasteiger partial charge in [-0.2, -0.15) is 4.31 Å². The molecule has 28 heavy (non-hydrogen) atoms. The molecule has 1 heterocycles. The van der Waals surface area contributed by atoms with E-state index in [9.17, 15) is 13.2 Å². The van der Waals surface area contributed by atoms with Crippen molar-refractivity contribution in [3.05, 3.63) is 64.1 Å². The van der Waals surface area contributed by atoms with E-state index in [1.807, 2.05) is 31.2 Å². The fraction of sp³-hybridized carbons (Fsp3) is 0.381. The van der Waals surface area contributed by atoms with Crippen molar-refractivity contribution >= 4 is 31.9 Å². The summed E-state index contributed by atoms with van der Waals surface area (Å²) in [4.78, 5) is 13.0. The lowest BCUT2D eigenvalue weighted by molar-refractivity contribution is -0.125. The van der Waals surface area contributed by atoms with Gasteiger partial charge >= 0.3 is 0 Å². The number of nitrogens with one attached hydrogen (secondary N) is 1. The molecule has 2 aromatic carbocycles. The van der Waals surface area contributed by atoms with Crippen molar-refractivity contribution in [3.8, 4) is 0 Å². The van der Waals surface area contributed by atoms with Gasteiger partial charge in [0, 0.05) is 17.6 Å². The Morgan fingerprint density at radius 3 is 2.46 bits per heavy atom. The van der Waals surface area contributed by atoms with Crippen LogP contribution in [0.4, 0.5) is 0 Å². The van der Waals surface area contributed by atoms with Gasteiger partial charge in [0.25, 0.3) is 0 Å². The first kappa shape index (κ1) is 21.0. The normalized spacial score (nSPS) is 18.0. The highest BCUT2D eigenvalue weighted by molar-refractivity contribution is 9.10. The van der Waals surface area contributed by atoms with E-state index in [1.165, 1.54) is 9.87 Å². The van der Waals surface area contributed by atoms with Gasteiger partial charge in [0.2, 0.25) is 15.9 Å². The lowest BCUT2D eigenvalue weighted by Crippen LogP contribution is -2.52. The molecule has 1 N–H and O–H groups in total. The second kappa shape index (κ2) is 9.20. The first-order valence-electron chi connectivity index (χ1n) is 9.48. The maximum Gasteiger partial charge on any atom is 0.243 e. The average molecular weight is 465 g/mol. The maximum atomic E-state index is 13.1. The van der Waals surface area contributed by atoms with E-state index in [0.29, 0.717) is 19.5 Å². The van der Waals surface area contributed by atoms with Gasteiger partial charge in [-0.15, -0.1) is 0 Å². The van der Waals surface area contributed by atoms with E-state index < -0.39 is 16.1 Å². The van der Waals surface area contributed by atoms with Crippen molar-refractivity contribution < 1.29 is 13.2 Å². The summed E-state index contributed by atoms with van der Waals surface area (Å²) in [6, 6.07) is 14.1. The van der Waals surface area contributed by atoms with E-state index in [1.54, 1.807) is 24.3 Å². The Morgan fingerprint density at radius 1 is 1.11 bits per heavy atom. The van der Waals surface area contributed by atoms with E-state index >= 15 is 0 Å². The van der Waals surface area contributed by atoms with E-state index in [0.717, 1.165) is 29.3 Å². The van der Waals surface area contributed by atoms with E-state index in [2.05, 4.69) is 21.2 Å². The number of amides is 1. The number of carbonyl (C=O) groups is 1. The van der Waals surface area contributed by atoms with Gasteiger partial charge in [-0.25, -0.2) is 8.42 Å². The smallest absolute Gasteiger partial charge is 0.243 e. The third-order valence-electron chi connectivity index (χ3n) is 5.01. The van der Waals surface area contributed by atoms with Crippen molar-refractivity contribution in [3.63, 3.8) is 0 Å². The zero-order valence-electron chi connectivity index (χ0n) is 15.9. The molecule has 0 spiro atoms. The summed E-state index contributed by atoms with van der Waals surface area (Å²) >= 11 is 3.32. The summed E-state index contributed by atoms with van der Waals surface area (Å²) in [6.07, 6.45) is 2.88. The van der Waals surface area contributed by atoms with E-state index in [-0.39, 0.29) is 10.8 Å². The molecule has 1 unspecified atom stereocenters. The number of nitrogens with zero attached hydrogens (tertiary/aromatic N) is 1. The van der Waals surface area contributed by atoms with Crippen LogP contribution < -0.4 is 5.32 Å². The minimum Gasteiger partial charge on any atom is -0.354 e. The fourth-order valence-corrected chi connectivity index (χ4v) is 5.32. The SMILES string of the molecule is Cc1ccc(CCNC(=O)C2CCCCN2S(=O)(=O)c2ccc(Br)cc2)cc1. The highest BCUT2D eigenvalue weighted by Gasteiger charge is 2.37. The minimum absolute atomic E-state index is 0.215. The molecule has 0 aromatic heterocycles. The molecule has 0 aliphatic carbocycles. The van der Waals surface area contributed by atoms with Gasteiger partial charge in [0.05, 0.1) is 4.90 Å². The predicted octanol–water partition coefficient (Wildman–Crippen LogP) is 3.66. The number of hydrogen-bond donors (Lipinski definition) is 1. The summed E-state index contributed by atoms with van der Waals surface area (Å²) in [5, 5.41) is 2.93. The Balaban J connectivity index is 1.67. The predicted molar refractivity (Wildman–Crippen MR) is 114 cm³/mol. The number of piperidine rings is 1. The van der Waals surface area contributed by atoms with Crippen molar-refractivity contribution in [2.75, 3.05) is 13.1 Å². The number of hydrogen-bond acceptors (Lipinski definition) is 3. The van der Waals surface area contributed by atoms with Crippen LogP contribution in [0.2, 0.25) is 0 Å². The van der Waals surface area contributed by atoms with Gasteiger partial charge in [-0.3, -0.25) is 4.79 Å². The summed E-state index contributed by atoms with van der Waals surface area (Å²) in [6.45, 7) is 2.90. The highest BCUT2D eigenvalue weighted by atomic mass is 79.9. The molecule has 5 nitrogen and oxygen atoms in total. The Kier molecular flexibility index (Phi) is 6.91. The van der Waals surface area contributed by atoms with Gasteiger partial charge in [-0.05, 0) is 56.0 Å². The molecule has 1 amide bonds. The Labute approximate surface area is 175 Å². The zero-order valence-corrected chi connectivity index (χ0v) is 18.3. The molecule has 1 aliphatic rings. The molecular formula is C21H25BrN2O3S. The monoisotopic (exact) mass is 464 g/mol. The molecule has 150 valence electrons. The number of halogens is 1. The number of sulfonamides is 1. The van der Waals surface area contributed by atoms with Crippen LogP contribution in [0.1, 0.15) is 30.4 Å². The van der Waals surface area contributed by atoms with Crippen LogP contribution >= 0.6 is 15.9 Å². The fourth-order valence-electron chi connectivity index (χ4n) is 3.40. The lowest BCUT2D eigenvalue weighted by atomic mass is 10.0. The van der Waals surface area contributed by atoms with Gasteiger partial charge in [0.1, 0.15) is 6.04 Å². The van der Waals surface area contributed by atoms with Crippen LogP contribution in [0.15, 0.2) is 57.9 Å². The summed E-state index contributed by atoms with van der Waals surface area (Å²) < 4.78 is 28.3. The van der Waals surface area contributed by atoms with Crippen molar-refractivity contribution in [2.45, 2.75) is 43.5 Å². The minimum atomic E-state index is -3.70. The molecule has 0 bridgehead atoms. The Morgan fingerprint density at radius 2 is 1.79 bits per heavy atom. The summed E-state index contributed by atoms with van der Waals surface area (Å²) in [7, 11) is -3.70. The van der Waals surface area contributed by atoms with Gasteiger partial charge in [0.15, 0.2) is 0 Å². The first-order chi connectivity index (χ1) is 13.4. The lowest BCUT2D eigenvalue weighted by Gasteiger charge is -2.33. The van der Waals surface area contributed by atoms with E-state index in [4.69, 9.17) is 0 Å². The molecule has 1 aliphatic heterocycles. The van der Waals surface area contributed by atoms with Crippen LogP contribution in [0.3, 0.4) is 0 Å². The van der Waals surface area contributed by atoms with Crippen molar-refractivity contribution in [1.29, 1.82) is 0 Å². The van der Waals surface area contributed by atoms with Crippen molar-refractivity contribution in [2.24, 2.45) is 0 Å². The quantitative estimate of drug-likeness (QED) is 0.708. The second-order valence-electron chi connectivity index (χ2n) is 7.11. The number of carbonyl (C=O) groups excluding carboxylic acids is 1. The summed E-state index contributed by atoms with van der Waals surface area (Å²) in [5.41, 5.74) is 2.35. The van der Waals surface area contributed by atoms with Crippen LogP contribution in [-0.2, 0) is 21.2 Å². The Hall–Kier alpha value is -1.70. The first-order valence-corrected chi connectivity index (χ1v) is 11.7. The molecule has 1 saturated heterocycles. The number of benzene rings is 2. The molecule has 1 atom stereocenters. The third-order valence-corrected chi connectivity index (χ3v) is 7.46. The van der Waals surface area contributed by atoms with Gasteiger partial charge < -0.3 is 5.32 Å². The maximum absolute atomic E-state index is 13.1. The van der Waals surface area contributed by atoms with Crippen LogP contribution in [-0.4, -0.2) is 37.8 Å². The second-order valence-corrected chi connectivity index (χ2v) is 9.91. The molecule has 7 heteroatoms. The molecule has 1 fully saturated rings. The molecular weight excluding hydrogens is 440 g/mol. The molecule has 0 radical (unpaired) electrons. The molecule has 3 rings (SSSR count). The topological polar surface area (TPSA) is 66.5 Å². The van der Waals surface area contributed by atoms with Crippen LogP contribution in [0.5, 0.6) is 0 Å². The van der Waals surface area contributed by atoms with Crippen LogP contribution in [0, 0.1) is 6.92 Å². The Bertz CT molecular complexity index is 912. The van der Waals surface area contributed by atoms with Gasteiger partial charge in [-0.1, -0.05) is 52.2 Å². The third kappa shape index (κ3) is 5.01. The van der Waals surface area contributed by atoms with Crippen LogP contribution in [0.25, 0.3) is 0 Å². The average Bonchev–Trinajstić information content (AvgIpc) is 2.70. The number of aryl methyl sites for hydroxylation is 1. The zero-order chi connectivity index (χ0) is 20.1. The number of rotatable bonds is 6. The largest absolute Gasteiger partial charge is 0.354 e. The molecule has 2 aromatic rings.